The van der Waals surface area contributed by atoms with Crippen LogP contribution in [0.2, 0.25) is 0 Å². The fourth-order valence-electron chi connectivity index (χ4n) is 14.2. The quantitative estimate of drug-likeness (QED) is 0.145. The molecule has 0 atom stereocenters. The number of fused-ring (bicyclic) bond motifs is 16. The number of nitrogens with zero attached hydrogens (tertiary/aromatic N) is 8. The molecule has 4 aliphatic heterocycles. The first kappa shape index (κ1) is 68.9. The van der Waals surface area contributed by atoms with Gasteiger partial charge in [-0.3, -0.25) is 0 Å². The molecule has 16 rings (SSSR count). The van der Waals surface area contributed by atoms with Crippen molar-refractivity contribution in [2.24, 2.45) is 0 Å². The Morgan fingerprint density at radius 3 is 0.520 bits per heavy atom. The van der Waals surface area contributed by atoms with Crippen LogP contribution < -0.4 is 19.9 Å². The van der Waals surface area contributed by atoms with Crippen LogP contribution in [0.5, 0.6) is 0 Å². The Hall–Kier alpha value is -10.2. The molecular weight excluding hydrogens is 1350 g/mol. The van der Waals surface area contributed by atoms with E-state index < -0.39 is 0 Å². The van der Waals surface area contributed by atoms with Crippen LogP contribution in [0.3, 0.4) is 0 Å². The Morgan fingerprint density at radius 2 is 0.343 bits per heavy atom. The molecule has 16 bridgehead atoms. The maximum absolute atomic E-state index is 5.86. The molecule has 102 heavy (non-hydrogen) atoms. The van der Waals surface area contributed by atoms with Crippen LogP contribution in [0.25, 0.3) is 171 Å². The molecule has 0 radical (unpaired) electrons. The van der Waals surface area contributed by atoms with Crippen LogP contribution in [0, 0.1) is 0 Å². The fourth-order valence-corrected chi connectivity index (χ4v) is 14.2. The average molecular weight is 1430 g/mol. The Morgan fingerprint density at radius 1 is 0.186 bits per heavy atom. The fraction of sp³-hybridized carbons (Fsp3) is 0.174. The Bertz CT molecular complexity index is 5280. The van der Waals surface area contributed by atoms with Gasteiger partial charge in [0.15, 0.2) is 0 Å². The molecule has 10 heteroatoms. The van der Waals surface area contributed by atoms with Crippen molar-refractivity contribution in [1.29, 1.82) is 0 Å². The van der Waals surface area contributed by atoms with Crippen molar-refractivity contribution in [3.05, 3.63) is 274 Å². The molecule has 8 nitrogen and oxygen atoms in total. The van der Waals surface area contributed by atoms with E-state index in [1.54, 1.807) is 0 Å². The van der Waals surface area contributed by atoms with Gasteiger partial charge in [0.1, 0.15) is 0 Å². The molecule has 0 saturated carbocycles. The predicted molar refractivity (Wildman–Crippen MR) is 420 cm³/mol. The minimum Gasteiger partial charge on any atom is -0.657 e. The second kappa shape index (κ2) is 26.6. The van der Waals surface area contributed by atoms with Gasteiger partial charge in [-0.2, -0.15) is 0 Å². The summed E-state index contributed by atoms with van der Waals surface area (Å²) in [6.45, 7) is 27.0. The molecule has 6 aromatic carbocycles. The molecule has 4 aliphatic rings. The van der Waals surface area contributed by atoms with Crippen LogP contribution in [-0.2, 0) is 60.6 Å². The molecule has 12 aromatic rings. The van der Waals surface area contributed by atoms with Crippen molar-refractivity contribution < 1.29 is 39.0 Å². The largest absolute Gasteiger partial charge is 2.00 e. The summed E-state index contributed by atoms with van der Waals surface area (Å²) in [5.41, 5.74) is 29.8. The maximum atomic E-state index is 5.86. The van der Waals surface area contributed by atoms with Gasteiger partial charge in [-0.25, -0.2) is 19.9 Å². The second-order valence-electron chi connectivity index (χ2n) is 30.8. The van der Waals surface area contributed by atoms with Crippen LogP contribution in [-0.4, -0.2) is 19.9 Å². The van der Waals surface area contributed by atoms with Gasteiger partial charge >= 0.3 is 39.0 Å². The van der Waals surface area contributed by atoms with Gasteiger partial charge in [0, 0.05) is 0 Å². The second-order valence-corrected chi connectivity index (χ2v) is 30.8. The molecule has 0 N–H and O–H groups in total. The smallest absolute Gasteiger partial charge is 0.657 e. The topological polar surface area (TPSA) is 108 Å². The number of aromatic nitrogens is 8. The van der Waals surface area contributed by atoms with Gasteiger partial charge in [-0.15, -0.1) is 44.1 Å². The van der Waals surface area contributed by atoms with Crippen molar-refractivity contribution in [2.75, 3.05) is 0 Å². The third-order valence-corrected chi connectivity index (χ3v) is 19.8. The third kappa shape index (κ3) is 12.9. The SMILES string of the molecule is CC(C)(C)c1ccc(-c2c3nc(c(-c4c5nc(c(-c6ccc(C(C)(C)C)cc6)c6ccc([n-]6)c(-c6ccccc6)c6nc(c(-c7ccc(C(C)(C)C)cc7)c7ccc4[n-]7)C=C6)C=C5)c4ccc([n-]4)c(-c4ccc(C(C)(C)C)cc4)c4nc(c(-c5ccccc5)c5ccc2[n-]5)C=C4)C=C3)cc1.[Zn+2].[Zn+2]. The first-order chi connectivity index (χ1) is 48.1. The summed E-state index contributed by atoms with van der Waals surface area (Å²) in [6.07, 6.45) is 17.1. The van der Waals surface area contributed by atoms with Crippen LogP contribution in [0.1, 0.15) is 151 Å². The van der Waals surface area contributed by atoms with Crippen molar-refractivity contribution in [3.8, 4) is 77.9 Å². The van der Waals surface area contributed by atoms with Crippen molar-refractivity contribution in [1.82, 2.24) is 39.9 Å². The van der Waals surface area contributed by atoms with E-state index in [0.717, 1.165) is 145 Å². The molecule has 0 saturated heterocycles. The first-order valence-electron chi connectivity index (χ1n) is 34.7. The van der Waals surface area contributed by atoms with Crippen molar-refractivity contribution in [2.45, 2.75) is 105 Å². The third-order valence-electron chi connectivity index (χ3n) is 19.8. The van der Waals surface area contributed by atoms with Gasteiger partial charge in [0.2, 0.25) is 0 Å². The predicted octanol–water partition coefficient (Wildman–Crippen LogP) is 23.0. The minimum absolute atomic E-state index is 0. The molecule has 10 heterocycles. The molecule has 0 spiro atoms. The van der Waals surface area contributed by atoms with Gasteiger partial charge in [0.25, 0.3) is 0 Å². The van der Waals surface area contributed by atoms with E-state index in [1.807, 2.05) is 0 Å². The van der Waals surface area contributed by atoms with Crippen molar-refractivity contribution >= 4 is 92.7 Å². The Kier molecular flexibility index (Phi) is 18.0. The van der Waals surface area contributed by atoms with Crippen LogP contribution in [0.4, 0.5) is 0 Å². The van der Waals surface area contributed by atoms with Crippen LogP contribution >= 0.6 is 0 Å². The van der Waals surface area contributed by atoms with E-state index in [1.165, 1.54) is 22.3 Å². The molecule has 490 valence electrons. The van der Waals surface area contributed by atoms with Gasteiger partial charge in [-0.1, -0.05) is 289 Å². The summed E-state index contributed by atoms with van der Waals surface area (Å²) < 4.78 is 0. The molecule has 6 aromatic heterocycles. The Labute approximate surface area is 623 Å². The van der Waals surface area contributed by atoms with E-state index >= 15 is 0 Å². The zero-order valence-electron chi connectivity index (χ0n) is 60.2. The molecule has 0 amide bonds. The molecule has 0 aliphatic carbocycles. The number of hydrogen-bond donors (Lipinski definition) is 0. The average Bonchev–Trinajstić information content (AvgIpc) is 1.59. The first-order valence-corrected chi connectivity index (χ1v) is 34.7. The summed E-state index contributed by atoms with van der Waals surface area (Å²) in [5, 5.41) is 0. The summed E-state index contributed by atoms with van der Waals surface area (Å²) in [5.74, 6) is 0. The van der Waals surface area contributed by atoms with Crippen molar-refractivity contribution in [3.63, 3.8) is 0 Å². The van der Waals surface area contributed by atoms with Gasteiger partial charge < -0.3 is 19.9 Å². The summed E-state index contributed by atoms with van der Waals surface area (Å²) in [6, 6.07) is 73.8. The van der Waals surface area contributed by atoms with E-state index in [9.17, 15) is 0 Å². The number of rotatable bonds is 7. The Balaban J connectivity index is 0.00000441. The van der Waals surface area contributed by atoms with E-state index in [0.29, 0.717) is 22.4 Å². The van der Waals surface area contributed by atoms with Crippen LogP contribution in [0.15, 0.2) is 206 Å². The van der Waals surface area contributed by atoms with E-state index in [4.69, 9.17) is 39.9 Å². The number of benzene rings is 6. The van der Waals surface area contributed by atoms with Gasteiger partial charge in [0.05, 0.1) is 45.6 Å². The van der Waals surface area contributed by atoms with Gasteiger partial charge in [-0.05, 0) is 170 Å². The maximum Gasteiger partial charge on any atom is 2.00 e. The number of hydrogen-bond acceptors (Lipinski definition) is 4. The molecular formula is C92H78N8Zn2. The minimum atomic E-state index is -0.0692. The molecule has 0 fully saturated rings. The zero-order chi connectivity index (χ0) is 69.0. The standard InChI is InChI=1S/C92H78N8.2Zn/c1-89(2,3)61-31-23-57(24-32-61)83-69-43-39-65(93-69)81(55-19-15-13-16-20-55)66-40-44-70(94-66)84(58-25-33-62(34-26-58)90(4,5)6)74-48-52-78(98-74)87(77-51-47-73(83)97-77)88-79-53-49-75(99-79)85(59-27-35-63(36-28-59)91(7,8)9)71-45-41-67(95-71)82(56-21-17-14-18-22-56)68-42-46-72(96-68)86(76-50-54-80(88)100-76)60-29-37-64(38-30-60)92(10,11)12;;/h13-54H,1-12H3;;/q-4;2*+2. The monoisotopic (exact) mass is 1420 g/mol. The summed E-state index contributed by atoms with van der Waals surface area (Å²) >= 11 is 0. The summed E-state index contributed by atoms with van der Waals surface area (Å²) in [4.78, 5) is 46.0. The normalized spacial score (nSPS) is 12.8. The molecule has 0 unspecified atom stereocenters. The van der Waals surface area contributed by atoms with E-state index in [2.05, 4.69) is 338 Å². The zero-order valence-corrected chi connectivity index (χ0v) is 66.2. The summed E-state index contributed by atoms with van der Waals surface area (Å²) in [7, 11) is 0. The van der Waals surface area contributed by atoms with E-state index in [-0.39, 0.29) is 60.6 Å².